The molecule has 0 saturated heterocycles. The van der Waals surface area contributed by atoms with Crippen molar-refractivity contribution >= 4 is 10.8 Å². The highest BCUT2D eigenvalue weighted by Crippen LogP contribution is 2.24. The van der Waals surface area contributed by atoms with Gasteiger partial charge in [0.25, 0.3) is 0 Å². The van der Waals surface area contributed by atoms with Gasteiger partial charge < -0.3 is 0 Å². The molecule has 0 bridgehead atoms. The molecule has 4 rings (SSSR count). The highest BCUT2D eigenvalue weighted by Gasteiger charge is 2.12. The third-order valence-corrected chi connectivity index (χ3v) is 5.60. The second-order valence-electron chi connectivity index (χ2n) is 8.04. The van der Waals surface area contributed by atoms with Crippen LogP contribution in [-0.4, -0.2) is 0 Å². The van der Waals surface area contributed by atoms with Crippen LogP contribution in [0.2, 0.25) is 0 Å². The Labute approximate surface area is 190 Å². The lowest BCUT2D eigenvalue weighted by molar-refractivity contribution is 0.445. The minimum absolute atomic E-state index is 0.192. The van der Waals surface area contributed by atoms with Crippen LogP contribution >= 0.6 is 0 Å². The van der Waals surface area contributed by atoms with Crippen molar-refractivity contribution in [3.63, 3.8) is 0 Å². The number of halogens is 4. The summed E-state index contributed by atoms with van der Waals surface area (Å²) in [6.45, 7) is 2.15. The molecular formula is C29H22F4. The number of hydrogen-bond donors (Lipinski definition) is 0. The molecule has 0 saturated carbocycles. The van der Waals surface area contributed by atoms with Gasteiger partial charge in [0.15, 0.2) is 17.5 Å². The van der Waals surface area contributed by atoms with Crippen LogP contribution < -0.4 is 0 Å². The molecule has 0 nitrogen and oxygen atoms in total. The van der Waals surface area contributed by atoms with Crippen LogP contribution in [0.5, 0.6) is 0 Å². The van der Waals surface area contributed by atoms with E-state index in [4.69, 9.17) is 0 Å². The molecule has 0 unspecified atom stereocenters. The molecule has 33 heavy (non-hydrogen) atoms. The molecule has 4 heteroatoms. The summed E-state index contributed by atoms with van der Waals surface area (Å²) < 4.78 is 55.0. The zero-order chi connectivity index (χ0) is 23.4. The number of benzene rings is 4. The molecule has 0 N–H and O–H groups in total. The van der Waals surface area contributed by atoms with E-state index in [0.717, 1.165) is 41.5 Å². The SMILES string of the molecule is CCCc1ccc(C#Cc2ccc3c(F)c(CCc4cc(F)c(F)c(F)c4)ccc3c2)cc1. The lowest BCUT2D eigenvalue weighted by Gasteiger charge is -2.08. The minimum Gasteiger partial charge on any atom is -0.206 e. The third-order valence-electron chi connectivity index (χ3n) is 5.60. The van der Waals surface area contributed by atoms with Crippen LogP contribution in [0.3, 0.4) is 0 Å². The lowest BCUT2D eigenvalue weighted by Crippen LogP contribution is -1.99. The Morgan fingerprint density at radius 1 is 0.606 bits per heavy atom. The number of rotatable bonds is 5. The molecule has 0 amide bonds. The van der Waals surface area contributed by atoms with Gasteiger partial charge in [0.2, 0.25) is 0 Å². The molecule has 0 heterocycles. The molecule has 0 fully saturated rings. The van der Waals surface area contributed by atoms with E-state index in [-0.39, 0.29) is 24.2 Å². The van der Waals surface area contributed by atoms with E-state index in [1.54, 1.807) is 18.2 Å². The molecule has 4 aromatic carbocycles. The summed E-state index contributed by atoms with van der Waals surface area (Å²) in [7, 11) is 0. The van der Waals surface area contributed by atoms with Gasteiger partial charge in [0.1, 0.15) is 5.82 Å². The molecule has 0 aliphatic carbocycles. The van der Waals surface area contributed by atoms with E-state index in [9.17, 15) is 13.2 Å². The average Bonchev–Trinajstić information content (AvgIpc) is 2.82. The number of hydrogen-bond acceptors (Lipinski definition) is 0. The fourth-order valence-corrected chi connectivity index (χ4v) is 3.83. The lowest BCUT2D eigenvalue weighted by atomic mass is 9.99. The number of fused-ring (bicyclic) bond motifs is 1. The fourth-order valence-electron chi connectivity index (χ4n) is 3.83. The summed E-state index contributed by atoms with van der Waals surface area (Å²) in [5.41, 5.74) is 3.70. The fraction of sp³-hybridized carbons (Fsp3) is 0.172. The molecule has 0 spiro atoms. The Balaban J connectivity index is 1.52. The molecule has 0 aromatic heterocycles. The zero-order valence-electron chi connectivity index (χ0n) is 18.2. The normalized spacial score (nSPS) is 10.8. The van der Waals surface area contributed by atoms with Gasteiger partial charge in [-0.2, -0.15) is 0 Å². The minimum atomic E-state index is -1.50. The third kappa shape index (κ3) is 5.26. The van der Waals surface area contributed by atoms with Gasteiger partial charge in [-0.15, -0.1) is 0 Å². The van der Waals surface area contributed by atoms with Crippen molar-refractivity contribution in [1.82, 2.24) is 0 Å². The van der Waals surface area contributed by atoms with Gasteiger partial charge in [0, 0.05) is 16.5 Å². The first-order chi connectivity index (χ1) is 15.9. The van der Waals surface area contributed by atoms with E-state index in [0.29, 0.717) is 10.9 Å². The van der Waals surface area contributed by atoms with Crippen molar-refractivity contribution in [3.05, 3.63) is 118 Å². The van der Waals surface area contributed by atoms with Gasteiger partial charge in [-0.3, -0.25) is 0 Å². The summed E-state index contributed by atoms with van der Waals surface area (Å²) >= 11 is 0. The largest absolute Gasteiger partial charge is 0.206 e. The Morgan fingerprint density at radius 2 is 1.27 bits per heavy atom. The van der Waals surface area contributed by atoms with Crippen LogP contribution in [-0.2, 0) is 19.3 Å². The van der Waals surface area contributed by atoms with Crippen molar-refractivity contribution < 1.29 is 17.6 Å². The summed E-state index contributed by atoms with van der Waals surface area (Å²) in [6, 6.07) is 18.8. The van der Waals surface area contributed by atoms with Gasteiger partial charge in [-0.25, -0.2) is 17.6 Å². The Hall–Kier alpha value is -3.58. The highest BCUT2D eigenvalue weighted by molar-refractivity contribution is 5.85. The van der Waals surface area contributed by atoms with E-state index in [1.807, 2.05) is 24.3 Å². The van der Waals surface area contributed by atoms with Crippen molar-refractivity contribution in [2.75, 3.05) is 0 Å². The molecule has 4 aromatic rings. The van der Waals surface area contributed by atoms with E-state index < -0.39 is 17.5 Å². The maximum absolute atomic E-state index is 15.0. The highest BCUT2D eigenvalue weighted by atomic mass is 19.2. The molecular weight excluding hydrogens is 424 g/mol. The molecule has 0 radical (unpaired) electrons. The molecule has 0 aliphatic heterocycles. The molecule has 166 valence electrons. The van der Waals surface area contributed by atoms with Crippen molar-refractivity contribution in [3.8, 4) is 11.8 Å². The summed E-state index contributed by atoms with van der Waals surface area (Å²) in [5, 5.41) is 1.18. The summed E-state index contributed by atoms with van der Waals surface area (Å²) in [5.74, 6) is 1.91. The number of aryl methyl sites for hydroxylation is 3. The summed E-state index contributed by atoms with van der Waals surface area (Å²) in [4.78, 5) is 0. The second-order valence-corrected chi connectivity index (χ2v) is 8.04. The van der Waals surface area contributed by atoms with Crippen molar-refractivity contribution in [2.24, 2.45) is 0 Å². The van der Waals surface area contributed by atoms with Crippen LogP contribution in [0, 0.1) is 35.1 Å². The Kier molecular flexibility index (Phi) is 6.79. The van der Waals surface area contributed by atoms with Gasteiger partial charge in [0.05, 0.1) is 0 Å². The van der Waals surface area contributed by atoms with Gasteiger partial charge in [-0.05, 0) is 77.7 Å². The van der Waals surface area contributed by atoms with Gasteiger partial charge in [-0.1, -0.05) is 55.5 Å². The zero-order valence-corrected chi connectivity index (χ0v) is 18.2. The topological polar surface area (TPSA) is 0 Å². The first-order valence-electron chi connectivity index (χ1n) is 10.9. The van der Waals surface area contributed by atoms with E-state index in [2.05, 4.69) is 30.9 Å². The first kappa shape index (κ1) is 22.6. The predicted molar refractivity (Wildman–Crippen MR) is 124 cm³/mol. The smallest absolute Gasteiger partial charge is 0.194 e. The van der Waals surface area contributed by atoms with Crippen molar-refractivity contribution in [1.29, 1.82) is 0 Å². The quantitative estimate of drug-likeness (QED) is 0.169. The van der Waals surface area contributed by atoms with E-state index >= 15 is 4.39 Å². The Bertz CT molecular complexity index is 1340. The second kappa shape index (κ2) is 9.92. The van der Waals surface area contributed by atoms with Crippen LogP contribution in [0.1, 0.15) is 41.2 Å². The first-order valence-corrected chi connectivity index (χ1v) is 10.9. The molecule has 0 aliphatic rings. The Morgan fingerprint density at radius 3 is 1.97 bits per heavy atom. The monoisotopic (exact) mass is 446 g/mol. The predicted octanol–water partition coefficient (Wildman–Crippen LogP) is 7.53. The van der Waals surface area contributed by atoms with Crippen molar-refractivity contribution in [2.45, 2.75) is 32.6 Å². The van der Waals surface area contributed by atoms with Crippen LogP contribution in [0.25, 0.3) is 10.8 Å². The standard InChI is InChI=1S/C29H22F4/c1-2-3-19-4-6-20(7-5-19)8-9-21-11-15-25-24(16-21)14-13-23(28(25)32)12-10-22-17-26(30)29(33)27(31)18-22/h4-7,11,13-18H,2-3,10,12H2,1H3. The van der Waals surface area contributed by atoms with E-state index in [1.165, 1.54) is 5.56 Å². The van der Waals surface area contributed by atoms with Gasteiger partial charge >= 0.3 is 0 Å². The average molecular weight is 446 g/mol. The summed E-state index contributed by atoms with van der Waals surface area (Å²) in [6.07, 6.45) is 2.58. The molecule has 0 atom stereocenters. The van der Waals surface area contributed by atoms with Crippen LogP contribution in [0.15, 0.2) is 66.7 Å². The van der Waals surface area contributed by atoms with Crippen LogP contribution in [0.4, 0.5) is 17.6 Å². The maximum Gasteiger partial charge on any atom is 0.194 e. The maximum atomic E-state index is 15.0.